The quantitative estimate of drug-likeness (QED) is 0.0149. The molecule has 0 aliphatic carbocycles. The second kappa shape index (κ2) is 55.0. The van der Waals surface area contributed by atoms with Crippen molar-refractivity contribution in [1.29, 1.82) is 0 Å². The molecule has 0 saturated carbocycles. The fourth-order valence-electron chi connectivity index (χ4n) is 8.95. The van der Waals surface area contributed by atoms with E-state index in [1.165, 1.54) is 22.7 Å². The van der Waals surface area contributed by atoms with Crippen molar-refractivity contribution in [3.63, 3.8) is 0 Å². The molecular weight excluding hydrogens is 1490 g/mol. The van der Waals surface area contributed by atoms with Crippen LogP contribution in [0.4, 0.5) is 11.6 Å². The largest absolute Gasteiger partial charge is 0.492 e. The molecule has 0 unspecified atom stereocenters. The highest BCUT2D eigenvalue weighted by atomic mass is 35.5. The van der Waals surface area contributed by atoms with Gasteiger partial charge in [0, 0.05) is 156 Å². The van der Waals surface area contributed by atoms with Gasteiger partial charge >= 0.3 is 0 Å². The average molecular weight is 1610 g/mol. The molecule has 5 N–H and O–H groups in total. The number of ether oxygens (including phenoxy) is 9. The number of thiophene rings is 1. The van der Waals surface area contributed by atoms with Crippen LogP contribution in [0.5, 0.6) is 11.8 Å². The van der Waals surface area contributed by atoms with Crippen molar-refractivity contribution < 1.29 is 81.2 Å². The van der Waals surface area contributed by atoms with Gasteiger partial charge in [0.15, 0.2) is 23.2 Å². The van der Waals surface area contributed by atoms with E-state index in [0.29, 0.717) is 101 Å². The topological polar surface area (TPSA) is 326 Å². The Morgan fingerprint density at radius 1 is 0.642 bits per heavy atom. The number of aromatic hydroxyl groups is 1. The van der Waals surface area contributed by atoms with Gasteiger partial charge in [-0.1, -0.05) is 11.6 Å². The van der Waals surface area contributed by atoms with Gasteiger partial charge in [-0.15, -0.1) is 34.0 Å². The van der Waals surface area contributed by atoms with Crippen molar-refractivity contribution in [2.45, 2.75) is 94.8 Å². The molecule has 1 saturated heterocycles. The smallest absolute Gasteiger partial charge is 0.267 e. The Balaban J connectivity index is 0.000000424. The van der Waals surface area contributed by atoms with Crippen molar-refractivity contribution in [2.24, 2.45) is 28.2 Å². The fourth-order valence-corrected chi connectivity index (χ4v) is 11.4. The van der Waals surface area contributed by atoms with Crippen LogP contribution in [0.2, 0.25) is 5.02 Å². The van der Waals surface area contributed by atoms with Crippen LogP contribution >= 0.6 is 45.6 Å². The molecule has 0 bridgehead atoms. The summed E-state index contributed by atoms with van der Waals surface area (Å²) in [7, 11) is 21.7. The van der Waals surface area contributed by atoms with E-state index >= 15 is 0 Å². The van der Waals surface area contributed by atoms with Gasteiger partial charge in [-0.05, 0) is 131 Å². The molecule has 0 spiro atoms. The number of nitrogens with one attached hydrogen (secondary N) is 3. The molecular formula is C75H118ClN13O17S3. The van der Waals surface area contributed by atoms with E-state index < -0.39 is 12.5 Å². The maximum atomic E-state index is 12.1. The van der Waals surface area contributed by atoms with E-state index in [1.54, 1.807) is 72.2 Å². The minimum atomic E-state index is -0.482. The monoisotopic (exact) mass is 1600 g/mol. The van der Waals surface area contributed by atoms with Crippen LogP contribution in [0, 0.1) is 62.3 Å². The van der Waals surface area contributed by atoms with Crippen LogP contribution in [0.3, 0.4) is 0 Å². The van der Waals surface area contributed by atoms with E-state index in [4.69, 9.17) is 63.8 Å². The Morgan fingerprint density at radius 2 is 1.24 bits per heavy atom. The third-order valence-electron chi connectivity index (χ3n) is 16.1. The number of aliphatic hydroxyl groups is 1. The van der Waals surface area contributed by atoms with Crippen LogP contribution < -0.4 is 20.7 Å². The zero-order valence-corrected chi connectivity index (χ0v) is 70.7. The van der Waals surface area contributed by atoms with Gasteiger partial charge < -0.3 is 106 Å². The summed E-state index contributed by atoms with van der Waals surface area (Å²) in [6.07, 6.45) is 5.25. The molecule has 9 heterocycles. The first-order valence-electron chi connectivity index (χ1n) is 35.0. The highest BCUT2D eigenvalue weighted by molar-refractivity contribution is 7.14. The Labute approximate surface area is 659 Å². The van der Waals surface area contributed by atoms with E-state index in [1.807, 2.05) is 163 Å². The number of amides is 3. The van der Waals surface area contributed by atoms with Crippen LogP contribution in [0.25, 0.3) is 0 Å². The molecule has 1 aliphatic rings. The highest BCUT2D eigenvalue weighted by Crippen LogP contribution is 2.27. The molecule has 9 rings (SSSR count). The lowest BCUT2D eigenvalue weighted by Crippen LogP contribution is -2.45. The summed E-state index contributed by atoms with van der Waals surface area (Å²) in [5, 5.41) is 29.9. The number of piperazine rings is 1. The first kappa shape index (κ1) is 97.5. The van der Waals surface area contributed by atoms with E-state index in [2.05, 4.69) is 47.7 Å². The molecule has 109 heavy (non-hydrogen) atoms. The van der Waals surface area contributed by atoms with E-state index in [9.17, 15) is 29.1 Å². The SMILES string of the molecule is COCCC(=O)Nc1ccc(C)n1C.COCCNC(=O)c1sc(C)nc1O.COCCOCOc1csc(C)n1.COCOCc1cn(C)c(C)n1.COCOCc1coc(C)c1C.Cc1ccc(C(=O)CCN2CCN(C)CC2)n1C.Cc1ccc(NC(=O)CO)n1C.Cc1sc(C(=O)CCN(C)C)cc1Cl. The zero-order valence-electron chi connectivity index (χ0n) is 67.5. The normalized spacial score (nSPS) is 11.7. The number of furan rings is 1. The van der Waals surface area contributed by atoms with Gasteiger partial charge in [-0.2, -0.15) is 0 Å². The number of anilines is 2. The van der Waals surface area contributed by atoms with Gasteiger partial charge in [0.1, 0.15) is 43.4 Å². The van der Waals surface area contributed by atoms with Crippen molar-refractivity contribution in [3.8, 4) is 11.8 Å². The standard InChI is InChI=1S/C14H23N3O.C10H14ClNOS.C10H16N2O2.C9H14O3.C8H12N2O3S.C8H14N2O2.C8H12N2O2.C8H13NO3S/c1-12-4-5-13(16(12)3)14(18)6-7-17-10-8-15(2)9-11-17;1-7-8(11)6-10(14-7)9(13)4-5-12(2)3;1-8-4-5-9(12(8)2)11-10(13)6-7-14-3;1-7-8(2)12-5-9(7)4-11-6-10-3;1-5-10-8(12)6(14-5)7(11)9-3-4-13-2;1-7-9-8(4-10(7)2)5-12-6-11-3;1-6-3-4-7(10(6)2)9-8(12)5-11;1-7-9-8(5-13-7)12-6-11-4-3-10-2/h4-5H,6-11H2,1-3H3;6H,4-5H2,1-3H3;4-5H,6-7H2,1-3H3,(H,11,13);5H,4,6H2,1-3H3;12H,3-4H2,1-2H3,(H,9,11);4H,5-6H2,1-3H3;3-4,11H,5H2,1-2H3,(H,9,12);5H,3-4,6H2,1-2H3. The number of nitrogens with zero attached hydrogens (tertiary/aromatic N) is 10. The highest BCUT2D eigenvalue weighted by Gasteiger charge is 2.19. The number of rotatable bonds is 32. The zero-order chi connectivity index (χ0) is 81.5. The van der Waals surface area contributed by atoms with Crippen molar-refractivity contribution in [3.05, 3.63) is 141 Å². The van der Waals surface area contributed by atoms with Crippen LogP contribution in [0.1, 0.15) is 109 Å². The number of carbonyl (C=O) groups excluding carboxylic acids is 5. The summed E-state index contributed by atoms with van der Waals surface area (Å²) >= 11 is 10.1. The average Bonchev–Trinajstić information content (AvgIpc) is 1.76. The lowest BCUT2D eigenvalue weighted by molar-refractivity contribution is -0.119. The Kier molecular flexibility index (Phi) is 49.2. The Morgan fingerprint density at radius 3 is 1.71 bits per heavy atom. The fraction of sp³-hybridized carbons (Fsp3) is 0.547. The summed E-state index contributed by atoms with van der Waals surface area (Å²) in [5.41, 5.74) is 7.33. The van der Waals surface area contributed by atoms with E-state index in [-0.39, 0.29) is 40.9 Å². The number of aliphatic hydroxyl groups excluding tert-OH is 1. The van der Waals surface area contributed by atoms with Gasteiger partial charge in [0.2, 0.25) is 17.7 Å². The maximum absolute atomic E-state index is 12.1. The van der Waals surface area contributed by atoms with Crippen molar-refractivity contribution >= 4 is 86.5 Å². The number of aryl methyl sites for hydroxylation is 9. The maximum Gasteiger partial charge on any atom is 0.267 e. The number of halogens is 1. The molecule has 3 amide bonds. The molecule has 0 radical (unpaired) electrons. The number of Topliss-reactive ketones (excluding diaryl/α,β-unsaturated/α-hetero) is 2. The molecule has 8 aromatic heterocycles. The third kappa shape index (κ3) is 39.3. The summed E-state index contributed by atoms with van der Waals surface area (Å²) in [4.78, 5) is 78.1. The second-order valence-electron chi connectivity index (χ2n) is 24.9. The number of ketones is 2. The summed E-state index contributed by atoms with van der Waals surface area (Å²) in [5.74, 6) is 3.59. The van der Waals surface area contributed by atoms with Crippen LogP contribution in [-0.2, 0) is 88.9 Å². The van der Waals surface area contributed by atoms with Crippen molar-refractivity contribution in [2.75, 3.05) is 167 Å². The summed E-state index contributed by atoms with van der Waals surface area (Å²) < 4.78 is 57.4. The first-order chi connectivity index (χ1) is 51.8. The van der Waals surface area contributed by atoms with Crippen LogP contribution in [0.15, 0.2) is 64.7 Å². The van der Waals surface area contributed by atoms with Crippen molar-refractivity contribution in [1.82, 2.24) is 53.2 Å². The van der Waals surface area contributed by atoms with Gasteiger partial charge in [0.05, 0.1) is 89.0 Å². The Hall–Kier alpha value is -7.55. The lowest BCUT2D eigenvalue weighted by Gasteiger charge is -2.32. The lowest BCUT2D eigenvalue weighted by atomic mass is 10.2. The number of likely N-dealkylation sites (N-methyl/N-ethyl adjacent to an activating group) is 1. The molecule has 1 aliphatic heterocycles. The van der Waals surface area contributed by atoms with Gasteiger partial charge in [-0.3, -0.25) is 24.0 Å². The molecule has 1 fully saturated rings. The Bertz CT molecular complexity index is 3840. The predicted octanol–water partition coefficient (Wildman–Crippen LogP) is 10.4. The van der Waals surface area contributed by atoms with Crippen LogP contribution in [-0.4, -0.2) is 243 Å². The summed E-state index contributed by atoms with van der Waals surface area (Å²) in [6, 6.07) is 13.2. The number of thiazole rings is 2. The molecule has 610 valence electrons. The molecule has 0 aromatic carbocycles. The molecule has 0 atom stereocenters. The minimum Gasteiger partial charge on any atom is -0.492 e. The minimum absolute atomic E-state index is 0.0203. The second-order valence-corrected chi connectivity index (χ2v) is 28.8. The van der Waals surface area contributed by atoms with Gasteiger partial charge in [-0.25, -0.2) is 15.0 Å². The molecule has 34 heteroatoms. The third-order valence-corrected chi connectivity index (χ3v) is 19.4. The first-order valence-corrected chi connectivity index (χ1v) is 37.9. The van der Waals surface area contributed by atoms with Gasteiger partial charge in [0.25, 0.3) is 11.8 Å². The number of carbonyl (C=O) groups is 5. The van der Waals surface area contributed by atoms with E-state index in [0.717, 1.165) is 111 Å². The molecule has 8 aromatic rings. The predicted molar refractivity (Wildman–Crippen MR) is 428 cm³/mol. The number of hydrogen-bond donors (Lipinski definition) is 5. The number of hydrogen-bond acceptors (Lipinski definition) is 26. The summed E-state index contributed by atoms with van der Waals surface area (Å²) in [6.45, 7) is 27.4. The number of aromatic nitrogens is 7. The molecule has 30 nitrogen and oxygen atoms in total. The number of methoxy groups -OCH3 is 5. The number of imidazole rings is 1.